The monoisotopic (exact) mass is 371 g/mol. The number of nitrogens with zero attached hydrogens (tertiary/aromatic N) is 1. The summed E-state index contributed by atoms with van der Waals surface area (Å²) in [5, 5.41) is 6.40. The van der Waals surface area contributed by atoms with Gasteiger partial charge in [0, 0.05) is 25.6 Å². The molecule has 0 heterocycles. The van der Waals surface area contributed by atoms with Crippen LogP contribution in [0.3, 0.4) is 0 Å². The van der Waals surface area contributed by atoms with E-state index in [0.717, 1.165) is 12.4 Å². The number of ether oxygens (including phenoxy) is 1. The lowest BCUT2D eigenvalue weighted by Crippen LogP contribution is -2.47. The molecule has 6 heteroatoms. The van der Waals surface area contributed by atoms with E-state index >= 15 is 0 Å². The number of halogens is 1. The zero-order valence-corrected chi connectivity index (χ0v) is 14.3. The summed E-state index contributed by atoms with van der Waals surface area (Å²) >= 11 is 0. The molecule has 0 atom stereocenters. The van der Waals surface area contributed by atoms with Gasteiger partial charge in [0.15, 0.2) is 5.96 Å². The van der Waals surface area contributed by atoms with Crippen molar-refractivity contribution in [3.05, 3.63) is 0 Å². The quantitative estimate of drug-likeness (QED) is 0.255. The van der Waals surface area contributed by atoms with Crippen LogP contribution in [0.4, 0.5) is 0 Å². The minimum atomic E-state index is -0.145. The van der Waals surface area contributed by atoms with Crippen LogP contribution in [-0.4, -0.2) is 37.7 Å². The third-order valence-electron chi connectivity index (χ3n) is 1.87. The fourth-order valence-electron chi connectivity index (χ4n) is 1.21. The molecule has 0 radical (unpaired) electrons. The van der Waals surface area contributed by atoms with Crippen LogP contribution in [0.2, 0.25) is 0 Å². The Balaban J connectivity index is 0. The standard InChI is InChI=1S/C12H25N3O2.HI/c1-6-17-10(16)8-7-9-14-11(13-5)15-12(2,3)4;/h6-9H2,1-5H3,(H2,13,14,15);1H. The van der Waals surface area contributed by atoms with Crippen molar-refractivity contribution in [3.63, 3.8) is 0 Å². The van der Waals surface area contributed by atoms with Crippen molar-refractivity contribution < 1.29 is 9.53 Å². The number of carbonyl (C=O) groups excluding carboxylic acids is 1. The molecular weight excluding hydrogens is 345 g/mol. The highest BCUT2D eigenvalue weighted by atomic mass is 127. The molecule has 0 amide bonds. The van der Waals surface area contributed by atoms with Gasteiger partial charge in [0.25, 0.3) is 0 Å². The molecule has 0 aliphatic carbocycles. The van der Waals surface area contributed by atoms with Gasteiger partial charge in [-0.05, 0) is 34.1 Å². The lowest BCUT2D eigenvalue weighted by atomic mass is 10.1. The average Bonchev–Trinajstić information content (AvgIpc) is 2.21. The summed E-state index contributed by atoms with van der Waals surface area (Å²) in [7, 11) is 1.73. The number of nitrogens with one attached hydrogen (secondary N) is 2. The molecule has 108 valence electrons. The molecule has 0 unspecified atom stereocenters. The maximum Gasteiger partial charge on any atom is 0.305 e. The highest BCUT2D eigenvalue weighted by Gasteiger charge is 2.11. The van der Waals surface area contributed by atoms with Gasteiger partial charge in [-0.3, -0.25) is 9.79 Å². The summed E-state index contributed by atoms with van der Waals surface area (Å²) in [6.45, 7) is 9.16. The lowest BCUT2D eigenvalue weighted by molar-refractivity contribution is -0.143. The van der Waals surface area contributed by atoms with Gasteiger partial charge in [-0.15, -0.1) is 24.0 Å². The zero-order chi connectivity index (χ0) is 13.3. The molecule has 0 saturated carbocycles. The molecule has 0 bridgehead atoms. The first kappa shape index (κ1) is 19.8. The third kappa shape index (κ3) is 11.9. The zero-order valence-electron chi connectivity index (χ0n) is 12.0. The molecule has 2 N–H and O–H groups in total. The van der Waals surface area contributed by atoms with E-state index < -0.39 is 0 Å². The molecule has 0 saturated heterocycles. The molecule has 0 aromatic rings. The summed E-state index contributed by atoms with van der Waals surface area (Å²) in [5.41, 5.74) is -0.0248. The van der Waals surface area contributed by atoms with Crippen molar-refractivity contribution in [2.75, 3.05) is 20.2 Å². The summed E-state index contributed by atoms with van der Waals surface area (Å²) in [4.78, 5) is 15.2. The van der Waals surface area contributed by atoms with Crippen LogP contribution < -0.4 is 10.6 Å². The number of rotatable bonds is 5. The van der Waals surface area contributed by atoms with Crippen molar-refractivity contribution in [3.8, 4) is 0 Å². The smallest absolute Gasteiger partial charge is 0.305 e. The molecule has 18 heavy (non-hydrogen) atoms. The van der Waals surface area contributed by atoms with E-state index in [4.69, 9.17) is 4.74 Å². The SMILES string of the molecule is CCOC(=O)CCCNC(=NC)NC(C)(C)C.I. The molecule has 0 aromatic carbocycles. The van der Waals surface area contributed by atoms with Gasteiger partial charge in [0.2, 0.25) is 0 Å². The Morgan fingerprint density at radius 2 is 1.94 bits per heavy atom. The second-order valence-corrected chi connectivity index (χ2v) is 4.78. The van der Waals surface area contributed by atoms with Gasteiger partial charge >= 0.3 is 5.97 Å². The van der Waals surface area contributed by atoms with Crippen LogP contribution in [0.5, 0.6) is 0 Å². The fraction of sp³-hybridized carbons (Fsp3) is 0.833. The third-order valence-corrected chi connectivity index (χ3v) is 1.87. The molecule has 0 rings (SSSR count). The van der Waals surface area contributed by atoms with Gasteiger partial charge in [-0.25, -0.2) is 0 Å². The normalized spacial score (nSPS) is 11.5. The Hall–Kier alpha value is -0.530. The van der Waals surface area contributed by atoms with Crippen molar-refractivity contribution in [1.29, 1.82) is 0 Å². The van der Waals surface area contributed by atoms with E-state index in [9.17, 15) is 4.79 Å². The highest BCUT2D eigenvalue weighted by molar-refractivity contribution is 14.0. The Bertz CT molecular complexity index is 263. The maximum absolute atomic E-state index is 11.1. The first-order chi connectivity index (χ1) is 7.89. The van der Waals surface area contributed by atoms with E-state index in [0.29, 0.717) is 19.6 Å². The first-order valence-corrected chi connectivity index (χ1v) is 6.03. The number of hydrogen-bond donors (Lipinski definition) is 2. The molecule has 5 nitrogen and oxygen atoms in total. The van der Waals surface area contributed by atoms with Gasteiger partial charge < -0.3 is 15.4 Å². The van der Waals surface area contributed by atoms with Gasteiger partial charge in [-0.1, -0.05) is 0 Å². The molecule has 0 aliphatic rings. The minimum absolute atomic E-state index is 0. The Labute approximate surface area is 127 Å². The molecule has 0 aromatic heterocycles. The Morgan fingerprint density at radius 1 is 1.33 bits per heavy atom. The van der Waals surface area contributed by atoms with Crippen LogP contribution >= 0.6 is 24.0 Å². The van der Waals surface area contributed by atoms with E-state index in [1.807, 2.05) is 6.92 Å². The van der Waals surface area contributed by atoms with Crippen LogP contribution in [0.1, 0.15) is 40.5 Å². The highest BCUT2D eigenvalue weighted by Crippen LogP contribution is 1.98. The summed E-state index contributed by atoms with van der Waals surface area (Å²) < 4.78 is 4.84. The average molecular weight is 371 g/mol. The van der Waals surface area contributed by atoms with Crippen LogP contribution in [0.15, 0.2) is 4.99 Å². The predicted octanol–water partition coefficient (Wildman–Crippen LogP) is 1.91. The number of hydrogen-bond acceptors (Lipinski definition) is 3. The second-order valence-electron chi connectivity index (χ2n) is 4.78. The number of guanidine groups is 1. The summed E-state index contributed by atoms with van der Waals surface area (Å²) in [5.74, 6) is 0.606. The van der Waals surface area contributed by atoms with Crippen molar-refractivity contribution in [2.24, 2.45) is 4.99 Å². The van der Waals surface area contributed by atoms with Gasteiger partial charge in [0.05, 0.1) is 6.61 Å². The molecule has 0 fully saturated rings. The van der Waals surface area contributed by atoms with Crippen molar-refractivity contribution >= 4 is 35.9 Å². The van der Waals surface area contributed by atoms with Crippen molar-refractivity contribution in [1.82, 2.24) is 10.6 Å². The van der Waals surface area contributed by atoms with E-state index in [-0.39, 0.29) is 35.5 Å². The molecule has 0 aliphatic heterocycles. The topological polar surface area (TPSA) is 62.7 Å². The van der Waals surface area contributed by atoms with Crippen LogP contribution in [0, 0.1) is 0 Å². The summed E-state index contributed by atoms with van der Waals surface area (Å²) in [6, 6.07) is 0. The largest absolute Gasteiger partial charge is 0.466 e. The number of carbonyl (C=O) groups is 1. The van der Waals surface area contributed by atoms with E-state index in [2.05, 4.69) is 36.4 Å². The summed E-state index contributed by atoms with van der Waals surface area (Å²) in [6.07, 6.45) is 1.18. The molecule has 0 spiro atoms. The van der Waals surface area contributed by atoms with Crippen LogP contribution in [-0.2, 0) is 9.53 Å². The van der Waals surface area contributed by atoms with Crippen LogP contribution in [0.25, 0.3) is 0 Å². The number of esters is 1. The maximum atomic E-state index is 11.1. The lowest BCUT2D eigenvalue weighted by Gasteiger charge is -2.23. The fourth-order valence-corrected chi connectivity index (χ4v) is 1.21. The first-order valence-electron chi connectivity index (χ1n) is 6.03. The van der Waals surface area contributed by atoms with Crippen molar-refractivity contribution in [2.45, 2.75) is 46.1 Å². The van der Waals surface area contributed by atoms with Gasteiger partial charge in [0.1, 0.15) is 0 Å². The Kier molecular flexibility index (Phi) is 11.4. The number of aliphatic imine (C=N–C) groups is 1. The van der Waals surface area contributed by atoms with E-state index in [1.54, 1.807) is 7.05 Å². The van der Waals surface area contributed by atoms with E-state index in [1.165, 1.54) is 0 Å². The predicted molar refractivity (Wildman–Crippen MR) is 85.5 cm³/mol. The minimum Gasteiger partial charge on any atom is -0.466 e. The second kappa shape index (κ2) is 10.4. The Morgan fingerprint density at radius 3 is 2.39 bits per heavy atom. The molecular formula is C12H26IN3O2. The van der Waals surface area contributed by atoms with Gasteiger partial charge in [-0.2, -0.15) is 0 Å².